The van der Waals surface area contributed by atoms with Crippen molar-refractivity contribution in [2.75, 3.05) is 0 Å². The van der Waals surface area contributed by atoms with Crippen molar-refractivity contribution in [1.82, 2.24) is 9.97 Å². The number of H-pyrrole nitrogens is 1. The maximum absolute atomic E-state index is 6.41. The van der Waals surface area contributed by atoms with Crippen molar-refractivity contribution in [3.63, 3.8) is 0 Å². The number of hydrogen-bond acceptors (Lipinski definition) is 2. The van der Waals surface area contributed by atoms with E-state index in [0.717, 1.165) is 46.8 Å². The van der Waals surface area contributed by atoms with Gasteiger partial charge in [-0.1, -0.05) is 49.4 Å². The highest BCUT2D eigenvalue weighted by Gasteiger charge is 2.23. The van der Waals surface area contributed by atoms with Gasteiger partial charge < -0.3 is 9.40 Å². The van der Waals surface area contributed by atoms with Gasteiger partial charge in [0.25, 0.3) is 0 Å². The fourth-order valence-electron chi connectivity index (χ4n) is 5.12. The largest absolute Gasteiger partial charge is 0.435 e. The molecule has 6 rings (SSSR count). The molecule has 0 radical (unpaired) electrons. The number of oxazole rings is 1. The Kier molecular flexibility index (Phi) is 4.10. The van der Waals surface area contributed by atoms with Gasteiger partial charge in [-0.15, -0.1) is 0 Å². The minimum atomic E-state index is 0.667. The first-order chi connectivity index (χ1) is 15.3. The van der Waals surface area contributed by atoms with E-state index in [0.29, 0.717) is 5.89 Å². The Hall–Kier alpha value is -3.59. The first-order valence-corrected chi connectivity index (χ1v) is 11.1. The van der Waals surface area contributed by atoms with E-state index in [4.69, 9.17) is 9.40 Å². The van der Waals surface area contributed by atoms with Crippen LogP contribution in [0.4, 0.5) is 0 Å². The molecule has 5 aromatic rings. The van der Waals surface area contributed by atoms with Crippen molar-refractivity contribution >= 4 is 45.1 Å². The fourth-order valence-corrected chi connectivity index (χ4v) is 5.12. The number of aromatic nitrogens is 2. The molecule has 0 atom stereocenters. The van der Waals surface area contributed by atoms with Crippen LogP contribution in [0.25, 0.3) is 56.5 Å². The molecule has 3 aromatic carbocycles. The second-order valence-corrected chi connectivity index (χ2v) is 8.18. The zero-order valence-electron chi connectivity index (χ0n) is 17.8. The normalized spacial score (nSPS) is 13.7. The van der Waals surface area contributed by atoms with E-state index >= 15 is 0 Å². The third-order valence-electron chi connectivity index (χ3n) is 6.42. The first kappa shape index (κ1) is 18.2. The lowest BCUT2D eigenvalue weighted by Gasteiger charge is -2.19. The summed E-state index contributed by atoms with van der Waals surface area (Å²) in [7, 11) is 0. The summed E-state index contributed by atoms with van der Waals surface area (Å²) in [5.41, 5.74) is 10.6. The van der Waals surface area contributed by atoms with Gasteiger partial charge in [-0.05, 0) is 67.1 Å². The van der Waals surface area contributed by atoms with Gasteiger partial charge in [-0.3, -0.25) is 0 Å². The van der Waals surface area contributed by atoms with Crippen LogP contribution < -0.4 is 0 Å². The molecule has 0 aliphatic heterocycles. The van der Waals surface area contributed by atoms with E-state index in [1.54, 1.807) is 0 Å². The number of rotatable bonds is 3. The Morgan fingerprint density at radius 1 is 1.10 bits per heavy atom. The van der Waals surface area contributed by atoms with Crippen molar-refractivity contribution in [3.8, 4) is 11.5 Å². The van der Waals surface area contributed by atoms with Crippen LogP contribution in [0.3, 0.4) is 0 Å². The highest BCUT2D eigenvalue weighted by molar-refractivity contribution is 6.22. The van der Waals surface area contributed by atoms with Crippen LogP contribution in [0.5, 0.6) is 0 Å². The van der Waals surface area contributed by atoms with Crippen molar-refractivity contribution in [3.05, 3.63) is 76.9 Å². The van der Waals surface area contributed by atoms with Crippen molar-refractivity contribution in [1.29, 1.82) is 0 Å². The van der Waals surface area contributed by atoms with Gasteiger partial charge in [0.15, 0.2) is 5.58 Å². The molecule has 0 saturated heterocycles. The summed E-state index contributed by atoms with van der Waals surface area (Å²) in [6, 6.07) is 14.3. The number of fused-ring (bicyclic) bond motifs is 7. The van der Waals surface area contributed by atoms with E-state index < -0.39 is 0 Å². The minimum absolute atomic E-state index is 0.667. The quantitative estimate of drug-likeness (QED) is 0.335. The molecule has 152 valence electrons. The SMILES string of the molecule is C/C=C\c1c(CC)c2c(c3c1[nH]c1ccc4nc(-c5ccccc5)oc4c13)C=CCC2. The van der Waals surface area contributed by atoms with E-state index in [2.05, 4.69) is 55.3 Å². The predicted octanol–water partition coefficient (Wildman–Crippen LogP) is 7.68. The summed E-state index contributed by atoms with van der Waals surface area (Å²) in [4.78, 5) is 8.54. The molecule has 31 heavy (non-hydrogen) atoms. The molecule has 2 aromatic heterocycles. The summed E-state index contributed by atoms with van der Waals surface area (Å²) < 4.78 is 6.41. The Balaban J connectivity index is 1.78. The molecule has 0 spiro atoms. The molecule has 3 heteroatoms. The Bertz CT molecular complexity index is 1510. The van der Waals surface area contributed by atoms with E-state index in [-0.39, 0.29) is 0 Å². The number of aromatic amines is 1. The number of nitrogens with one attached hydrogen (secondary N) is 1. The highest BCUT2D eigenvalue weighted by Crippen LogP contribution is 2.42. The average molecular weight is 405 g/mol. The van der Waals surface area contributed by atoms with Crippen molar-refractivity contribution in [2.24, 2.45) is 0 Å². The summed E-state index contributed by atoms with van der Waals surface area (Å²) in [6.45, 7) is 4.35. The Morgan fingerprint density at radius 3 is 2.77 bits per heavy atom. The lowest BCUT2D eigenvalue weighted by molar-refractivity contribution is 0.623. The number of allylic oxidation sites excluding steroid dienone is 2. The van der Waals surface area contributed by atoms with Crippen LogP contribution in [0.15, 0.2) is 59.0 Å². The maximum Gasteiger partial charge on any atom is 0.227 e. The zero-order chi connectivity index (χ0) is 20.9. The zero-order valence-corrected chi connectivity index (χ0v) is 17.8. The first-order valence-electron chi connectivity index (χ1n) is 11.1. The van der Waals surface area contributed by atoms with E-state index in [9.17, 15) is 0 Å². The van der Waals surface area contributed by atoms with Gasteiger partial charge in [-0.2, -0.15) is 0 Å². The smallest absolute Gasteiger partial charge is 0.227 e. The van der Waals surface area contributed by atoms with Crippen LogP contribution >= 0.6 is 0 Å². The van der Waals surface area contributed by atoms with E-state index in [1.807, 2.05) is 30.3 Å². The third kappa shape index (κ3) is 2.63. The van der Waals surface area contributed by atoms with Crippen LogP contribution in [0, 0.1) is 0 Å². The lowest BCUT2D eigenvalue weighted by Crippen LogP contribution is -2.03. The number of nitrogens with zero attached hydrogens (tertiary/aromatic N) is 1. The van der Waals surface area contributed by atoms with Crippen molar-refractivity contribution < 1.29 is 4.42 Å². The predicted molar refractivity (Wildman–Crippen MR) is 130 cm³/mol. The van der Waals surface area contributed by atoms with Gasteiger partial charge in [0.1, 0.15) is 5.52 Å². The third-order valence-corrected chi connectivity index (χ3v) is 6.42. The standard InChI is InChI=1S/C28H24N2O/c1-3-10-21-18(4-2)19-13-8-9-14-20(19)24-25-22(29-26(21)24)15-16-23-27(25)31-28(30-23)17-11-6-5-7-12-17/h3,5-7,9-12,14-16,29H,4,8,13H2,1-2H3/b10-3-. The molecule has 1 N–H and O–H groups in total. The van der Waals surface area contributed by atoms with Gasteiger partial charge in [0.2, 0.25) is 5.89 Å². The topological polar surface area (TPSA) is 41.8 Å². The summed E-state index contributed by atoms with van der Waals surface area (Å²) in [6.07, 6.45) is 12.2. The molecule has 0 bridgehead atoms. The second-order valence-electron chi connectivity index (χ2n) is 8.18. The molecular formula is C28H24N2O. The van der Waals surface area contributed by atoms with Crippen LogP contribution in [-0.4, -0.2) is 9.97 Å². The van der Waals surface area contributed by atoms with Crippen LogP contribution in [-0.2, 0) is 12.8 Å². The summed E-state index contributed by atoms with van der Waals surface area (Å²) in [5.74, 6) is 0.667. The fraction of sp³-hybridized carbons (Fsp3) is 0.179. The number of benzene rings is 3. The number of hydrogen-bond donors (Lipinski definition) is 1. The Morgan fingerprint density at radius 2 is 1.97 bits per heavy atom. The van der Waals surface area contributed by atoms with Gasteiger partial charge >= 0.3 is 0 Å². The maximum atomic E-state index is 6.41. The molecular weight excluding hydrogens is 380 g/mol. The van der Waals surface area contributed by atoms with Crippen LogP contribution in [0.1, 0.15) is 42.5 Å². The molecule has 0 unspecified atom stereocenters. The monoisotopic (exact) mass is 404 g/mol. The van der Waals surface area contributed by atoms with Crippen molar-refractivity contribution in [2.45, 2.75) is 33.1 Å². The molecule has 0 fully saturated rings. The average Bonchev–Trinajstić information content (AvgIpc) is 3.42. The second kappa shape index (κ2) is 6.98. The molecule has 3 nitrogen and oxygen atoms in total. The Labute approximate surface area is 181 Å². The molecule has 1 aliphatic carbocycles. The van der Waals surface area contributed by atoms with Gasteiger partial charge in [0.05, 0.1) is 16.4 Å². The molecule has 0 amide bonds. The van der Waals surface area contributed by atoms with Crippen LogP contribution in [0.2, 0.25) is 0 Å². The summed E-state index contributed by atoms with van der Waals surface area (Å²) in [5, 5.41) is 2.39. The molecule has 2 heterocycles. The molecule has 0 saturated carbocycles. The highest BCUT2D eigenvalue weighted by atomic mass is 16.3. The van der Waals surface area contributed by atoms with Gasteiger partial charge in [-0.25, -0.2) is 4.98 Å². The minimum Gasteiger partial charge on any atom is -0.435 e. The van der Waals surface area contributed by atoms with E-state index in [1.165, 1.54) is 33.2 Å². The summed E-state index contributed by atoms with van der Waals surface area (Å²) >= 11 is 0. The molecule has 1 aliphatic rings. The van der Waals surface area contributed by atoms with Gasteiger partial charge in [0, 0.05) is 16.5 Å². The lowest BCUT2D eigenvalue weighted by atomic mass is 9.85.